The molecule has 1 rings (SSSR count). The number of nitrogens with one attached hydrogen (secondary N) is 1. The molecule has 1 atom stereocenters. The van der Waals surface area contributed by atoms with Crippen LogP contribution in [0, 0.1) is 0 Å². The minimum Gasteiger partial charge on any atom is -0.268 e. The van der Waals surface area contributed by atoms with Crippen molar-refractivity contribution >= 4 is 12.6 Å². The Labute approximate surface area is 86.2 Å². The Hall–Kier alpha value is 0.230. The summed E-state index contributed by atoms with van der Waals surface area (Å²) in [5.74, 6) is 0. The molecule has 13 heavy (non-hydrogen) atoms. The number of hydrogen-bond donors (Lipinski definition) is 2. The highest BCUT2D eigenvalue weighted by atomic mass is 32.1. The van der Waals surface area contributed by atoms with E-state index in [-0.39, 0.29) is 5.56 Å². The molecule has 4 heteroatoms. The van der Waals surface area contributed by atoms with Crippen LogP contribution in [0.25, 0.3) is 0 Å². The summed E-state index contributed by atoms with van der Waals surface area (Å²) < 4.78 is 0. The monoisotopic (exact) mass is 204 g/mol. The van der Waals surface area contributed by atoms with E-state index in [9.17, 15) is 0 Å². The summed E-state index contributed by atoms with van der Waals surface area (Å²) in [6.45, 7) is 4.06. The van der Waals surface area contributed by atoms with Crippen molar-refractivity contribution in [3.05, 3.63) is 0 Å². The summed E-state index contributed by atoms with van der Waals surface area (Å²) in [6, 6.07) is 0. The molecule has 0 spiro atoms. The number of thiol groups is 1. The maximum Gasteiger partial charge on any atom is 0.175 e. The molecular weight excluding hydrogens is 184 g/mol. The van der Waals surface area contributed by atoms with Gasteiger partial charge in [0, 0.05) is 6.54 Å². The Balaban J connectivity index is 1.88. The minimum atomic E-state index is -0.101. The van der Waals surface area contributed by atoms with Gasteiger partial charge in [-0.2, -0.15) is 5.06 Å². The van der Waals surface area contributed by atoms with Gasteiger partial charge in [0.15, 0.2) is 5.56 Å². The average Bonchev–Trinajstić information content (AvgIpc) is 2.51. The third-order valence-corrected chi connectivity index (χ3v) is 2.48. The van der Waals surface area contributed by atoms with Crippen molar-refractivity contribution in [1.82, 2.24) is 10.4 Å². The van der Waals surface area contributed by atoms with Crippen molar-refractivity contribution in [3.63, 3.8) is 0 Å². The normalized spacial score (nSPS) is 24.0. The number of unbranched alkanes of at least 4 members (excludes halogenated alkanes) is 4. The zero-order valence-corrected chi connectivity index (χ0v) is 9.22. The van der Waals surface area contributed by atoms with Crippen molar-refractivity contribution in [3.8, 4) is 0 Å². The molecular formula is C9H20N2OS. The number of rotatable bonds is 6. The van der Waals surface area contributed by atoms with Crippen molar-refractivity contribution in [1.29, 1.82) is 0 Å². The van der Waals surface area contributed by atoms with Crippen LogP contribution in [0.15, 0.2) is 0 Å². The van der Waals surface area contributed by atoms with Crippen LogP contribution in [0.2, 0.25) is 0 Å². The predicted octanol–water partition coefficient (Wildman–Crippen LogP) is 1.96. The predicted molar refractivity (Wildman–Crippen MR) is 57.3 cm³/mol. The second-order valence-corrected chi connectivity index (χ2v) is 3.91. The highest BCUT2D eigenvalue weighted by Gasteiger charge is 2.17. The van der Waals surface area contributed by atoms with Gasteiger partial charge in [-0.3, -0.25) is 10.2 Å². The van der Waals surface area contributed by atoms with Crippen LogP contribution in [0.4, 0.5) is 0 Å². The van der Waals surface area contributed by atoms with Crippen LogP contribution < -0.4 is 5.32 Å². The first-order valence-corrected chi connectivity index (χ1v) is 5.67. The molecule has 3 nitrogen and oxygen atoms in total. The second kappa shape index (κ2) is 6.65. The lowest BCUT2D eigenvalue weighted by Gasteiger charge is -2.12. The van der Waals surface area contributed by atoms with Gasteiger partial charge in [0.05, 0.1) is 6.67 Å². The Bertz CT molecular complexity index is 135. The van der Waals surface area contributed by atoms with Crippen LogP contribution in [0.5, 0.6) is 0 Å². The van der Waals surface area contributed by atoms with Gasteiger partial charge in [-0.25, -0.2) is 0 Å². The zero-order valence-electron chi connectivity index (χ0n) is 8.33. The lowest BCUT2D eigenvalue weighted by molar-refractivity contribution is -0.120. The molecule has 0 amide bonds. The third-order valence-electron chi connectivity index (χ3n) is 2.20. The summed E-state index contributed by atoms with van der Waals surface area (Å²) >= 11 is 4.16. The minimum absolute atomic E-state index is 0.101. The van der Waals surface area contributed by atoms with Gasteiger partial charge in [-0.05, 0) is 6.42 Å². The van der Waals surface area contributed by atoms with Crippen LogP contribution in [0.3, 0.4) is 0 Å². The van der Waals surface area contributed by atoms with Gasteiger partial charge >= 0.3 is 0 Å². The first-order valence-electron chi connectivity index (χ1n) is 5.16. The summed E-state index contributed by atoms with van der Waals surface area (Å²) in [5.41, 5.74) is -0.101. The Morgan fingerprint density at radius 1 is 1.38 bits per heavy atom. The molecule has 0 saturated carbocycles. The van der Waals surface area contributed by atoms with Gasteiger partial charge < -0.3 is 0 Å². The number of hydroxylamine groups is 2. The van der Waals surface area contributed by atoms with Gasteiger partial charge in [-0.15, -0.1) is 12.6 Å². The quantitative estimate of drug-likeness (QED) is 0.511. The second-order valence-electron chi connectivity index (χ2n) is 3.44. The molecule has 0 bridgehead atoms. The van der Waals surface area contributed by atoms with Crippen molar-refractivity contribution in [2.45, 2.75) is 44.6 Å². The van der Waals surface area contributed by atoms with Crippen LogP contribution in [0.1, 0.15) is 39.0 Å². The van der Waals surface area contributed by atoms with E-state index in [1.807, 2.05) is 5.06 Å². The smallest absolute Gasteiger partial charge is 0.175 e. The van der Waals surface area contributed by atoms with Gasteiger partial charge in [0.2, 0.25) is 0 Å². The topological polar surface area (TPSA) is 24.5 Å². The zero-order chi connectivity index (χ0) is 9.52. The fraction of sp³-hybridized carbons (Fsp3) is 1.00. The molecule has 78 valence electrons. The van der Waals surface area contributed by atoms with E-state index < -0.39 is 0 Å². The molecule has 1 aliphatic rings. The molecule has 0 aromatic rings. The fourth-order valence-electron chi connectivity index (χ4n) is 1.42. The van der Waals surface area contributed by atoms with E-state index in [0.717, 1.165) is 13.2 Å². The maximum absolute atomic E-state index is 5.35. The van der Waals surface area contributed by atoms with E-state index >= 15 is 0 Å². The van der Waals surface area contributed by atoms with E-state index in [0.29, 0.717) is 0 Å². The van der Waals surface area contributed by atoms with Crippen LogP contribution in [-0.4, -0.2) is 23.8 Å². The van der Waals surface area contributed by atoms with E-state index in [1.165, 1.54) is 32.1 Å². The molecule has 0 aromatic heterocycles. The molecule has 0 aromatic carbocycles. The van der Waals surface area contributed by atoms with E-state index in [1.54, 1.807) is 0 Å². The van der Waals surface area contributed by atoms with Gasteiger partial charge in [0.1, 0.15) is 0 Å². The SMILES string of the molecule is CCCCCCCN1CNC(S)O1. The summed E-state index contributed by atoms with van der Waals surface area (Å²) in [5, 5.41) is 5.04. The van der Waals surface area contributed by atoms with Crippen molar-refractivity contribution in [2.24, 2.45) is 0 Å². The molecule has 0 radical (unpaired) electrons. The third kappa shape index (κ3) is 4.86. The number of nitrogens with zero attached hydrogens (tertiary/aromatic N) is 1. The molecule has 1 saturated heterocycles. The van der Waals surface area contributed by atoms with E-state index in [4.69, 9.17) is 4.84 Å². The summed E-state index contributed by atoms with van der Waals surface area (Å²) in [4.78, 5) is 5.35. The van der Waals surface area contributed by atoms with E-state index in [2.05, 4.69) is 24.9 Å². The summed E-state index contributed by atoms with van der Waals surface area (Å²) in [6.07, 6.45) is 6.55. The van der Waals surface area contributed by atoms with Crippen molar-refractivity contribution in [2.75, 3.05) is 13.2 Å². The molecule has 1 fully saturated rings. The van der Waals surface area contributed by atoms with Gasteiger partial charge in [-0.1, -0.05) is 32.6 Å². The molecule has 1 N–H and O–H groups in total. The largest absolute Gasteiger partial charge is 0.268 e. The van der Waals surface area contributed by atoms with Gasteiger partial charge in [0.25, 0.3) is 0 Å². The van der Waals surface area contributed by atoms with Crippen LogP contribution in [-0.2, 0) is 4.84 Å². The van der Waals surface area contributed by atoms with Crippen molar-refractivity contribution < 1.29 is 4.84 Å². The Morgan fingerprint density at radius 3 is 2.77 bits per heavy atom. The first-order chi connectivity index (χ1) is 6.33. The molecule has 1 aliphatic heterocycles. The molecule has 1 unspecified atom stereocenters. The highest BCUT2D eigenvalue weighted by molar-refractivity contribution is 7.80. The Kier molecular flexibility index (Phi) is 5.78. The highest BCUT2D eigenvalue weighted by Crippen LogP contribution is 2.09. The standard InChI is InChI=1S/C9H20N2OS/c1-2-3-4-5-6-7-11-8-10-9(13)12-11/h9-10,13H,2-8H2,1H3. The Morgan fingerprint density at radius 2 is 2.15 bits per heavy atom. The maximum atomic E-state index is 5.35. The lowest BCUT2D eigenvalue weighted by Crippen LogP contribution is -2.21. The fourth-order valence-corrected chi connectivity index (χ4v) is 1.63. The average molecular weight is 204 g/mol. The molecule has 0 aliphatic carbocycles. The summed E-state index contributed by atoms with van der Waals surface area (Å²) in [7, 11) is 0. The lowest BCUT2D eigenvalue weighted by atomic mass is 10.1. The van der Waals surface area contributed by atoms with Crippen LogP contribution >= 0.6 is 12.6 Å². The molecule has 1 heterocycles. The number of hydrogen-bond acceptors (Lipinski definition) is 4. The first kappa shape index (κ1) is 11.3.